The molecule has 2 aliphatic heterocycles. The molecule has 0 unspecified atom stereocenters. The van der Waals surface area contributed by atoms with E-state index in [2.05, 4.69) is 10.2 Å². The Balaban J connectivity index is 1.71. The van der Waals surface area contributed by atoms with E-state index >= 15 is 0 Å². The molecule has 2 heterocycles. The van der Waals surface area contributed by atoms with Crippen molar-refractivity contribution < 1.29 is 13.2 Å². The maximum atomic E-state index is 13.3. The molecule has 3 rings (SSSR count). The van der Waals surface area contributed by atoms with Gasteiger partial charge in [-0.25, -0.2) is 8.42 Å². The molecule has 1 aromatic carbocycles. The smallest absolute Gasteiger partial charge is 0.243 e. The van der Waals surface area contributed by atoms with E-state index < -0.39 is 10.0 Å². The summed E-state index contributed by atoms with van der Waals surface area (Å²) in [6.07, 6.45) is 4.03. The highest BCUT2D eigenvalue weighted by molar-refractivity contribution is 7.89. The number of nitrogens with one attached hydrogen (secondary N) is 1. The summed E-state index contributed by atoms with van der Waals surface area (Å²) in [4.78, 5) is 17.2. The van der Waals surface area contributed by atoms with Gasteiger partial charge in [0.1, 0.15) is 0 Å². The van der Waals surface area contributed by atoms with E-state index in [1.165, 1.54) is 17.1 Å². The molecule has 2 saturated heterocycles. The number of nitrogens with zero attached hydrogens (tertiary/aromatic N) is 3. The highest BCUT2D eigenvalue weighted by atomic mass is 32.2. The minimum Gasteiger partial charge on any atom is -0.339 e. The second-order valence-electron chi connectivity index (χ2n) is 7.87. The minimum atomic E-state index is -3.70. The lowest BCUT2D eigenvalue weighted by atomic mass is 10.2. The Morgan fingerprint density at radius 3 is 2.34 bits per heavy atom. The molecule has 1 aromatic rings. The van der Waals surface area contributed by atoms with E-state index in [-0.39, 0.29) is 17.3 Å². The minimum absolute atomic E-state index is 0.0855. The monoisotopic (exact) mass is 422 g/mol. The molecular formula is C21H34N4O3S. The third-order valence-corrected chi connectivity index (χ3v) is 7.69. The maximum Gasteiger partial charge on any atom is 0.243 e. The maximum absolute atomic E-state index is 13.3. The first kappa shape index (κ1) is 22.2. The standard InChI is InChI=1S/C21H34N4O3S/c1-2-19-6-8-20(9-7-19)29(27,28)25(15-5-14-23-12-3-4-13-23)18-21(26)24-16-10-22-11-17-24/h6-9,22H,2-5,10-18H2,1H3. The number of amides is 1. The number of rotatable bonds is 9. The zero-order valence-corrected chi connectivity index (χ0v) is 18.3. The van der Waals surface area contributed by atoms with Gasteiger partial charge >= 0.3 is 0 Å². The van der Waals surface area contributed by atoms with Gasteiger partial charge in [-0.2, -0.15) is 4.31 Å². The van der Waals surface area contributed by atoms with E-state index in [9.17, 15) is 13.2 Å². The molecule has 0 atom stereocenters. The Kier molecular flexibility index (Phi) is 8.06. The summed E-state index contributed by atoms with van der Waals surface area (Å²) < 4.78 is 28.0. The number of carbonyl (C=O) groups excluding carboxylic acids is 1. The predicted octanol–water partition coefficient (Wildman–Crippen LogP) is 1.16. The van der Waals surface area contributed by atoms with E-state index in [0.717, 1.165) is 51.1 Å². The van der Waals surface area contributed by atoms with Crippen molar-refractivity contribution in [2.24, 2.45) is 0 Å². The lowest BCUT2D eigenvalue weighted by molar-refractivity contribution is -0.132. The van der Waals surface area contributed by atoms with Crippen molar-refractivity contribution >= 4 is 15.9 Å². The van der Waals surface area contributed by atoms with Gasteiger partial charge in [0.05, 0.1) is 11.4 Å². The number of carbonyl (C=O) groups is 1. The lowest BCUT2D eigenvalue weighted by Crippen LogP contribution is -2.50. The molecule has 1 amide bonds. The van der Waals surface area contributed by atoms with Crippen molar-refractivity contribution in [3.63, 3.8) is 0 Å². The molecule has 162 valence electrons. The Bertz CT molecular complexity index is 755. The number of aryl methyl sites for hydroxylation is 1. The molecule has 0 saturated carbocycles. The summed E-state index contributed by atoms with van der Waals surface area (Å²) in [6, 6.07) is 7.04. The number of piperazine rings is 1. The highest BCUT2D eigenvalue weighted by Gasteiger charge is 2.29. The summed E-state index contributed by atoms with van der Waals surface area (Å²) in [5.41, 5.74) is 1.10. The summed E-state index contributed by atoms with van der Waals surface area (Å²) >= 11 is 0. The molecule has 29 heavy (non-hydrogen) atoms. The van der Waals surface area contributed by atoms with E-state index in [1.54, 1.807) is 17.0 Å². The van der Waals surface area contributed by atoms with Crippen LogP contribution in [-0.4, -0.2) is 87.3 Å². The molecule has 0 bridgehead atoms. The van der Waals surface area contributed by atoms with Crippen LogP contribution in [0.5, 0.6) is 0 Å². The molecule has 2 aliphatic rings. The van der Waals surface area contributed by atoms with Crippen LogP contribution in [0.2, 0.25) is 0 Å². The van der Waals surface area contributed by atoms with E-state index in [0.29, 0.717) is 19.6 Å². The van der Waals surface area contributed by atoms with Crippen LogP contribution in [0.4, 0.5) is 0 Å². The Morgan fingerprint density at radius 2 is 1.72 bits per heavy atom. The van der Waals surface area contributed by atoms with Gasteiger partial charge in [-0.05, 0) is 63.0 Å². The van der Waals surface area contributed by atoms with Crippen LogP contribution in [0.1, 0.15) is 31.7 Å². The van der Waals surface area contributed by atoms with Crippen molar-refractivity contribution in [3.05, 3.63) is 29.8 Å². The van der Waals surface area contributed by atoms with Crippen LogP contribution in [0.3, 0.4) is 0 Å². The summed E-state index contributed by atoms with van der Waals surface area (Å²) in [6.45, 7) is 8.15. The summed E-state index contributed by atoms with van der Waals surface area (Å²) in [5.74, 6) is -0.110. The van der Waals surface area contributed by atoms with E-state index in [4.69, 9.17) is 0 Å². The van der Waals surface area contributed by atoms with Gasteiger partial charge in [0, 0.05) is 32.7 Å². The second-order valence-corrected chi connectivity index (χ2v) is 9.81. The average Bonchev–Trinajstić information content (AvgIpc) is 3.27. The van der Waals surface area contributed by atoms with E-state index in [1.807, 2.05) is 19.1 Å². The number of likely N-dealkylation sites (tertiary alicyclic amines) is 1. The van der Waals surface area contributed by atoms with Gasteiger partial charge in [-0.15, -0.1) is 0 Å². The third-order valence-electron chi connectivity index (χ3n) is 5.83. The molecule has 1 N–H and O–H groups in total. The van der Waals surface area contributed by atoms with Gasteiger partial charge in [0.25, 0.3) is 0 Å². The lowest BCUT2D eigenvalue weighted by Gasteiger charge is -2.30. The molecule has 0 aliphatic carbocycles. The quantitative estimate of drug-likeness (QED) is 0.647. The zero-order valence-electron chi connectivity index (χ0n) is 17.5. The number of hydrogen-bond donors (Lipinski definition) is 1. The summed E-state index contributed by atoms with van der Waals surface area (Å²) in [7, 11) is -3.70. The van der Waals surface area contributed by atoms with Crippen LogP contribution in [-0.2, 0) is 21.2 Å². The Hall–Kier alpha value is -1.48. The SMILES string of the molecule is CCc1ccc(S(=O)(=O)N(CCCN2CCCC2)CC(=O)N2CCNCC2)cc1. The van der Waals surface area contributed by atoms with Gasteiger partial charge < -0.3 is 15.1 Å². The van der Waals surface area contributed by atoms with Crippen molar-refractivity contribution in [1.29, 1.82) is 0 Å². The van der Waals surface area contributed by atoms with Crippen LogP contribution in [0, 0.1) is 0 Å². The van der Waals surface area contributed by atoms with Gasteiger partial charge in [0.15, 0.2) is 0 Å². The first-order valence-electron chi connectivity index (χ1n) is 10.8. The number of sulfonamides is 1. The second kappa shape index (κ2) is 10.5. The third kappa shape index (κ3) is 6.01. The fourth-order valence-corrected chi connectivity index (χ4v) is 5.40. The van der Waals surface area contributed by atoms with Crippen molar-refractivity contribution in [1.82, 2.24) is 19.4 Å². The van der Waals surface area contributed by atoms with Crippen molar-refractivity contribution in [2.75, 3.05) is 58.9 Å². The fraction of sp³-hybridized carbons (Fsp3) is 0.667. The van der Waals surface area contributed by atoms with Crippen LogP contribution >= 0.6 is 0 Å². The Labute approximate surface area is 175 Å². The van der Waals surface area contributed by atoms with Gasteiger partial charge in [0.2, 0.25) is 15.9 Å². The molecule has 8 heteroatoms. The normalized spacial score (nSPS) is 18.5. The topological polar surface area (TPSA) is 73.0 Å². The van der Waals surface area contributed by atoms with Crippen LogP contribution < -0.4 is 5.32 Å². The molecule has 0 spiro atoms. The zero-order chi connectivity index (χ0) is 20.7. The molecule has 7 nitrogen and oxygen atoms in total. The molecular weight excluding hydrogens is 388 g/mol. The van der Waals surface area contributed by atoms with Gasteiger partial charge in [-0.3, -0.25) is 4.79 Å². The van der Waals surface area contributed by atoms with Crippen molar-refractivity contribution in [2.45, 2.75) is 37.5 Å². The van der Waals surface area contributed by atoms with Crippen LogP contribution in [0.15, 0.2) is 29.2 Å². The largest absolute Gasteiger partial charge is 0.339 e. The van der Waals surface area contributed by atoms with Gasteiger partial charge in [-0.1, -0.05) is 19.1 Å². The predicted molar refractivity (Wildman–Crippen MR) is 114 cm³/mol. The van der Waals surface area contributed by atoms with Crippen molar-refractivity contribution in [3.8, 4) is 0 Å². The molecule has 0 aromatic heterocycles. The highest BCUT2D eigenvalue weighted by Crippen LogP contribution is 2.18. The first-order chi connectivity index (χ1) is 14.0. The average molecular weight is 423 g/mol. The summed E-state index contributed by atoms with van der Waals surface area (Å²) in [5, 5.41) is 3.22. The Morgan fingerprint density at radius 1 is 1.07 bits per heavy atom. The molecule has 0 radical (unpaired) electrons. The molecule has 2 fully saturated rings. The number of benzene rings is 1. The van der Waals surface area contributed by atoms with Crippen LogP contribution in [0.25, 0.3) is 0 Å². The first-order valence-corrected chi connectivity index (χ1v) is 12.2. The number of hydrogen-bond acceptors (Lipinski definition) is 5. The fourth-order valence-electron chi connectivity index (χ4n) is 3.97.